The molecule has 0 aliphatic heterocycles. The van der Waals surface area contributed by atoms with Gasteiger partial charge in [0.05, 0.1) is 14.1 Å². The van der Waals surface area contributed by atoms with Crippen molar-refractivity contribution in [2.24, 2.45) is 0 Å². The van der Waals surface area contributed by atoms with Crippen molar-refractivity contribution in [1.82, 2.24) is 0 Å². The van der Waals surface area contributed by atoms with Crippen molar-refractivity contribution in [2.45, 2.75) is 24.7 Å². The minimum atomic E-state index is -1.89. The molecule has 0 bridgehead atoms. The van der Waals surface area contributed by atoms with Crippen LogP contribution < -0.4 is 0 Å². The molecule has 0 rings (SSSR count). The average molecular weight is 166 g/mol. The second-order valence-electron chi connectivity index (χ2n) is 2.10. The Morgan fingerprint density at radius 2 is 1.91 bits per heavy atom. The highest BCUT2D eigenvalue weighted by Gasteiger charge is 2.23. The van der Waals surface area contributed by atoms with Gasteiger partial charge in [-0.3, -0.25) is 0 Å². The summed E-state index contributed by atoms with van der Waals surface area (Å²) in [6, 6.07) is 0. The van der Waals surface area contributed by atoms with Crippen LogP contribution in [-0.4, -0.2) is 51.6 Å². The highest BCUT2D eigenvalue weighted by Crippen LogP contribution is 2.01. The second kappa shape index (κ2) is 5.20. The number of hydrogen-bond donors (Lipinski definition) is 4. The van der Waals surface area contributed by atoms with Gasteiger partial charge in [-0.2, -0.15) is 0 Å². The van der Waals surface area contributed by atoms with Crippen LogP contribution in [0.4, 0.5) is 0 Å². The van der Waals surface area contributed by atoms with Crippen molar-refractivity contribution < 1.29 is 26.6 Å². The maximum Gasteiger partial charge on any atom is 0.122 e. The topological polar surface area (TPSA) is 98.0 Å². The van der Waals surface area contributed by atoms with Gasteiger partial charge in [-0.25, -0.2) is 0 Å². The Labute approximate surface area is 65.3 Å². The van der Waals surface area contributed by atoms with E-state index in [1.165, 1.54) is 0 Å². The van der Waals surface area contributed by atoms with Gasteiger partial charge in [-0.05, 0) is 0 Å². The lowest BCUT2D eigenvalue weighted by Gasteiger charge is -2.19. The molecular formula is C6H12O5. The summed E-state index contributed by atoms with van der Waals surface area (Å²) in [5.41, 5.74) is 0. The number of aliphatic hydroxyl groups excluding tert-OH is 4. The van der Waals surface area contributed by atoms with Gasteiger partial charge in [0, 0.05) is 6.42 Å². The molecule has 0 saturated heterocycles. The largest absolute Gasteiger partial charge is 0.394 e. The van der Waals surface area contributed by atoms with E-state index >= 15 is 0 Å². The van der Waals surface area contributed by atoms with Crippen molar-refractivity contribution >= 4 is 6.29 Å². The zero-order valence-corrected chi connectivity index (χ0v) is 5.79. The third-order valence-electron chi connectivity index (χ3n) is 1.23. The Balaban J connectivity index is 3.98. The number of rotatable bonds is 5. The van der Waals surface area contributed by atoms with E-state index in [2.05, 4.69) is 0 Å². The molecule has 0 amide bonds. The number of carbonyl (C=O) groups excluding carboxylic acids is 1. The summed E-state index contributed by atoms with van der Waals surface area (Å²) in [4.78, 5) is 9.85. The Bertz CT molecular complexity index is 140. The van der Waals surface area contributed by atoms with E-state index in [0.29, 0.717) is 6.29 Å². The van der Waals surface area contributed by atoms with Crippen molar-refractivity contribution in [1.29, 1.82) is 0 Å². The fraction of sp³-hybridized carbons (Fsp3) is 0.833. The zero-order chi connectivity index (χ0) is 9.72. The molecule has 1 unspecified atom stereocenters. The Kier molecular flexibility index (Phi) is 4.07. The number of hydrogen-bond acceptors (Lipinski definition) is 5. The lowest BCUT2D eigenvalue weighted by atomic mass is 10.1. The first-order valence-corrected chi connectivity index (χ1v) is 3.08. The van der Waals surface area contributed by atoms with Crippen LogP contribution in [0.25, 0.3) is 0 Å². The summed E-state index contributed by atoms with van der Waals surface area (Å²) in [5, 5.41) is 35.1. The van der Waals surface area contributed by atoms with Gasteiger partial charge in [0.25, 0.3) is 0 Å². The van der Waals surface area contributed by atoms with E-state index < -0.39 is 24.9 Å². The number of aldehydes is 1. The predicted molar refractivity (Wildman–Crippen MR) is 35.8 cm³/mol. The molecule has 66 valence electrons. The van der Waals surface area contributed by atoms with Gasteiger partial charge in [0.1, 0.15) is 18.5 Å². The second-order valence-corrected chi connectivity index (χ2v) is 2.10. The van der Waals surface area contributed by atoms with Crippen molar-refractivity contribution in [3.05, 3.63) is 0 Å². The number of aliphatic hydroxyl groups is 4. The monoisotopic (exact) mass is 166 g/mol. The minimum absolute atomic E-state index is 0.342. The van der Waals surface area contributed by atoms with Crippen molar-refractivity contribution in [3.8, 4) is 0 Å². The van der Waals surface area contributed by atoms with E-state index in [-0.39, 0.29) is 6.42 Å². The maximum absolute atomic E-state index is 9.85. The molecule has 5 heteroatoms. The third-order valence-corrected chi connectivity index (χ3v) is 1.23. The third kappa shape index (κ3) is 3.43. The molecule has 0 saturated carbocycles. The molecule has 0 radical (unpaired) electrons. The van der Waals surface area contributed by atoms with Gasteiger partial charge in [0.15, 0.2) is 0 Å². The maximum atomic E-state index is 9.85. The van der Waals surface area contributed by atoms with Gasteiger partial charge >= 0.3 is 0 Å². The molecule has 0 aromatic rings. The lowest BCUT2D eigenvalue weighted by molar-refractivity contribution is -0.115. The summed E-state index contributed by atoms with van der Waals surface area (Å²) in [6.07, 6.45) is -4.86. The van der Waals surface area contributed by atoms with Crippen LogP contribution in [-0.2, 0) is 4.79 Å². The van der Waals surface area contributed by atoms with Gasteiger partial charge in [0.2, 0.25) is 0 Å². The molecule has 0 fully saturated rings. The van der Waals surface area contributed by atoms with E-state index in [0.717, 1.165) is 0 Å². The highest BCUT2D eigenvalue weighted by atomic mass is 16.4. The van der Waals surface area contributed by atoms with Gasteiger partial charge < -0.3 is 25.2 Å². The molecule has 4 atom stereocenters. The zero-order valence-electron chi connectivity index (χ0n) is 6.79. The summed E-state index contributed by atoms with van der Waals surface area (Å²) < 4.78 is 6.59. The molecule has 4 N–H and O–H groups in total. The Hall–Kier alpha value is -0.490. The first-order valence-electron chi connectivity index (χ1n) is 3.66. The molecule has 0 heterocycles. The predicted octanol–water partition coefficient (Wildman–Crippen LogP) is -2.35. The summed E-state index contributed by atoms with van der Waals surface area (Å²) in [5.74, 6) is 0. The van der Waals surface area contributed by atoms with E-state index in [1.807, 2.05) is 0 Å². The van der Waals surface area contributed by atoms with E-state index in [9.17, 15) is 4.79 Å². The summed E-state index contributed by atoms with van der Waals surface area (Å²) >= 11 is 0. The molecule has 0 aliphatic carbocycles. The van der Waals surface area contributed by atoms with Crippen LogP contribution in [0, 0.1) is 0 Å². The van der Waals surface area contributed by atoms with E-state index in [4.69, 9.17) is 21.8 Å². The average Bonchev–Trinajstić information content (AvgIpc) is 2.02. The van der Waals surface area contributed by atoms with Crippen LogP contribution >= 0.6 is 0 Å². The minimum Gasteiger partial charge on any atom is -0.394 e. The van der Waals surface area contributed by atoms with Crippen LogP contribution in [0.5, 0.6) is 0 Å². The summed E-state index contributed by atoms with van der Waals surface area (Å²) in [6.45, 7) is -1.89. The van der Waals surface area contributed by atoms with Gasteiger partial charge in [-0.15, -0.1) is 0 Å². The first kappa shape index (κ1) is 8.61. The molecule has 0 aromatic heterocycles. The van der Waals surface area contributed by atoms with Crippen LogP contribution in [0.15, 0.2) is 0 Å². The molecule has 5 nitrogen and oxygen atoms in total. The van der Waals surface area contributed by atoms with E-state index in [1.54, 1.807) is 0 Å². The molecule has 0 aliphatic rings. The highest BCUT2D eigenvalue weighted by molar-refractivity contribution is 5.50. The standard InChI is InChI=1S/C6H12O5/c7-2-1-4(9)6(11)5(10)3-8/h2,4-6,8-11H,1,3H2/t4-,5-,6+/m1/s1/i3T/t3?,4-,5-,6+. The van der Waals surface area contributed by atoms with Crippen molar-refractivity contribution in [3.63, 3.8) is 0 Å². The Morgan fingerprint density at radius 3 is 2.27 bits per heavy atom. The quantitative estimate of drug-likeness (QED) is 0.343. The smallest absolute Gasteiger partial charge is 0.122 e. The van der Waals surface area contributed by atoms with Crippen molar-refractivity contribution in [2.75, 3.05) is 6.58 Å². The van der Waals surface area contributed by atoms with Gasteiger partial charge in [-0.1, -0.05) is 0 Å². The number of carbonyl (C=O) groups is 1. The summed E-state index contributed by atoms with van der Waals surface area (Å²) in [7, 11) is 0. The Morgan fingerprint density at radius 1 is 1.36 bits per heavy atom. The molecule has 11 heavy (non-hydrogen) atoms. The van der Waals surface area contributed by atoms with Crippen LogP contribution in [0.2, 0.25) is 0 Å². The SMILES string of the molecule is [3H]C(O)[C@@H](O)[C@@H](O)[C@H](O)CC=O. The van der Waals surface area contributed by atoms with Crippen LogP contribution in [0.3, 0.4) is 0 Å². The first-order chi connectivity index (χ1) is 5.50. The lowest BCUT2D eigenvalue weighted by Crippen LogP contribution is -2.39. The fourth-order valence-corrected chi connectivity index (χ4v) is 0.554. The molecule has 0 aromatic carbocycles. The van der Waals surface area contributed by atoms with Crippen LogP contribution in [0.1, 0.15) is 7.79 Å². The molecule has 0 spiro atoms. The molecular weight excluding hydrogens is 152 g/mol. The fourth-order valence-electron chi connectivity index (χ4n) is 0.554. The normalized spacial score (nSPS) is 23.1.